The predicted molar refractivity (Wildman–Crippen MR) is 71.8 cm³/mol. The van der Waals surface area contributed by atoms with Crippen LogP contribution in [0.1, 0.15) is 36.2 Å². The van der Waals surface area contributed by atoms with Crippen molar-refractivity contribution in [2.45, 2.75) is 31.3 Å². The molecule has 1 aromatic heterocycles. The summed E-state index contributed by atoms with van der Waals surface area (Å²) in [5.41, 5.74) is 0.306. The number of fused-ring (bicyclic) bond motifs is 1. The summed E-state index contributed by atoms with van der Waals surface area (Å²) in [7, 11) is 0. The van der Waals surface area contributed by atoms with E-state index in [2.05, 4.69) is 4.98 Å². The number of esters is 1. The lowest BCUT2D eigenvalue weighted by molar-refractivity contribution is 0.0156. The Labute approximate surface area is 111 Å². The quantitative estimate of drug-likeness (QED) is 0.787. The van der Waals surface area contributed by atoms with Crippen molar-refractivity contribution >= 4 is 16.7 Å². The van der Waals surface area contributed by atoms with Gasteiger partial charge in [0.15, 0.2) is 5.69 Å². The molecule has 19 heavy (non-hydrogen) atoms. The molecule has 0 saturated heterocycles. The lowest BCUT2D eigenvalue weighted by Gasteiger charge is -2.16. The van der Waals surface area contributed by atoms with E-state index in [1.807, 2.05) is 30.3 Å². The molecule has 2 saturated carbocycles. The van der Waals surface area contributed by atoms with E-state index < -0.39 is 0 Å². The standard InChI is InChI=1S/C16H15NO2/c18-15(19-16(8-9-16)12-5-6-12)14-13-4-2-1-3-11(13)7-10-17-14/h1-4,7,10,12H,5-6,8-9H2. The third-order valence-electron chi connectivity index (χ3n) is 4.23. The molecule has 0 atom stereocenters. The van der Waals surface area contributed by atoms with Gasteiger partial charge in [0.1, 0.15) is 5.60 Å². The normalized spacial score (nSPS) is 20.2. The monoisotopic (exact) mass is 253 g/mol. The molecule has 96 valence electrons. The maximum atomic E-state index is 12.4. The number of benzene rings is 1. The second-order valence-corrected chi connectivity index (χ2v) is 5.61. The average Bonchev–Trinajstić information content (AvgIpc) is 3.30. The minimum absolute atomic E-state index is 0.143. The molecule has 2 aliphatic rings. The van der Waals surface area contributed by atoms with Crippen molar-refractivity contribution in [1.29, 1.82) is 0 Å². The lowest BCUT2D eigenvalue weighted by Crippen LogP contribution is -2.22. The van der Waals surface area contributed by atoms with Crippen LogP contribution in [0.3, 0.4) is 0 Å². The first-order valence-corrected chi connectivity index (χ1v) is 6.86. The number of aromatic nitrogens is 1. The van der Waals surface area contributed by atoms with Crippen LogP contribution in [0.25, 0.3) is 10.8 Å². The van der Waals surface area contributed by atoms with Gasteiger partial charge in [-0.3, -0.25) is 0 Å². The van der Waals surface area contributed by atoms with E-state index in [-0.39, 0.29) is 11.6 Å². The predicted octanol–water partition coefficient (Wildman–Crippen LogP) is 3.33. The maximum Gasteiger partial charge on any atom is 0.358 e. The number of ether oxygens (including phenoxy) is 1. The van der Waals surface area contributed by atoms with Gasteiger partial charge in [0, 0.05) is 11.6 Å². The van der Waals surface area contributed by atoms with Crippen LogP contribution >= 0.6 is 0 Å². The molecular weight excluding hydrogens is 238 g/mol. The van der Waals surface area contributed by atoms with Gasteiger partial charge in [0.05, 0.1) is 0 Å². The van der Waals surface area contributed by atoms with Crippen LogP contribution in [0, 0.1) is 5.92 Å². The van der Waals surface area contributed by atoms with Crippen LogP contribution in [0.15, 0.2) is 36.5 Å². The van der Waals surface area contributed by atoms with E-state index in [4.69, 9.17) is 4.74 Å². The molecule has 0 unspecified atom stereocenters. The van der Waals surface area contributed by atoms with Gasteiger partial charge in [0.2, 0.25) is 0 Å². The van der Waals surface area contributed by atoms with Crippen molar-refractivity contribution in [1.82, 2.24) is 4.98 Å². The second kappa shape index (κ2) is 3.80. The smallest absolute Gasteiger partial charge is 0.358 e. The maximum absolute atomic E-state index is 12.4. The van der Waals surface area contributed by atoms with Crippen molar-refractivity contribution in [3.05, 3.63) is 42.2 Å². The van der Waals surface area contributed by atoms with Crippen LogP contribution in [-0.2, 0) is 4.74 Å². The summed E-state index contributed by atoms with van der Waals surface area (Å²) in [6.07, 6.45) is 6.13. The zero-order chi connectivity index (χ0) is 12.9. The van der Waals surface area contributed by atoms with Crippen LogP contribution in [0.2, 0.25) is 0 Å². The minimum Gasteiger partial charge on any atom is -0.454 e. The Balaban J connectivity index is 1.68. The molecule has 2 aliphatic carbocycles. The molecule has 4 rings (SSSR count). The number of hydrogen-bond donors (Lipinski definition) is 0. The Morgan fingerprint density at radius 3 is 2.74 bits per heavy atom. The van der Waals surface area contributed by atoms with E-state index in [0.29, 0.717) is 11.6 Å². The van der Waals surface area contributed by atoms with Gasteiger partial charge in [0.25, 0.3) is 0 Å². The fraction of sp³-hybridized carbons (Fsp3) is 0.375. The first-order chi connectivity index (χ1) is 9.28. The molecule has 3 heteroatoms. The lowest BCUT2D eigenvalue weighted by atomic mass is 10.1. The van der Waals surface area contributed by atoms with Gasteiger partial charge >= 0.3 is 5.97 Å². The zero-order valence-electron chi connectivity index (χ0n) is 10.6. The summed E-state index contributed by atoms with van der Waals surface area (Å²) >= 11 is 0. The van der Waals surface area contributed by atoms with Crippen LogP contribution in [-0.4, -0.2) is 16.6 Å². The van der Waals surface area contributed by atoms with Gasteiger partial charge in [-0.15, -0.1) is 0 Å². The summed E-state index contributed by atoms with van der Waals surface area (Å²) in [5, 5.41) is 1.90. The molecule has 1 aromatic carbocycles. The summed E-state index contributed by atoms with van der Waals surface area (Å²) < 4.78 is 5.77. The van der Waals surface area contributed by atoms with Crippen molar-refractivity contribution in [2.24, 2.45) is 5.92 Å². The van der Waals surface area contributed by atoms with Gasteiger partial charge in [-0.2, -0.15) is 0 Å². The van der Waals surface area contributed by atoms with E-state index in [1.165, 1.54) is 12.8 Å². The fourth-order valence-corrected chi connectivity index (χ4v) is 2.84. The Morgan fingerprint density at radius 2 is 2.00 bits per heavy atom. The van der Waals surface area contributed by atoms with Gasteiger partial charge < -0.3 is 4.74 Å². The SMILES string of the molecule is O=C(OC1(C2CC2)CC1)c1nccc2ccccc12. The van der Waals surface area contributed by atoms with Crippen molar-refractivity contribution in [3.8, 4) is 0 Å². The zero-order valence-corrected chi connectivity index (χ0v) is 10.6. The Kier molecular flexibility index (Phi) is 2.19. The molecule has 0 spiro atoms. The molecule has 0 bridgehead atoms. The van der Waals surface area contributed by atoms with Crippen molar-refractivity contribution in [3.63, 3.8) is 0 Å². The second-order valence-electron chi connectivity index (χ2n) is 5.61. The summed E-state index contributed by atoms with van der Waals surface area (Å²) in [5.74, 6) is 0.340. The van der Waals surface area contributed by atoms with E-state index in [0.717, 1.165) is 23.6 Å². The number of carbonyl (C=O) groups is 1. The topological polar surface area (TPSA) is 39.2 Å². The number of carbonyl (C=O) groups excluding carboxylic acids is 1. The summed E-state index contributed by atoms with van der Waals surface area (Å²) in [4.78, 5) is 16.6. The first kappa shape index (κ1) is 11.0. The van der Waals surface area contributed by atoms with Crippen LogP contribution in [0.5, 0.6) is 0 Å². The number of rotatable bonds is 3. The van der Waals surface area contributed by atoms with E-state index in [1.54, 1.807) is 6.20 Å². The highest BCUT2D eigenvalue weighted by molar-refractivity contribution is 6.02. The molecule has 2 fully saturated rings. The Hall–Kier alpha value is -1.90. The van der Waals surface area contributed by atoms with Gasteiger partial charge in [-0.25, -0.2) is 9.78 Å². The highest BCUT2D eigenvalue weighted by Crippen LogP contribution is 2.56. The van der Waals surface area contributed by atoms with Crippen molar-refractivity contribution in [2.75, 3.05) is 0 Å². The molecular formula is C16H15NO2. The molecule has 2 aromatic rings. The minimum atomic E-state index is -0.263. The largest absolute Gasteiger partial charge is 0.454 e. The third-order valence-corrected chi connectivity index (χ3v) is 4.23. The number of hydrogen-bond acceptors (Lipinski definition) is 3. The number of nitrogens with zero attached hydrogens (tertiary/aromatic N) is 1. The molecule has 3 nitrogen and oxygen atoms in total. The van der Waals surface area contributed by atoms with Crippen LogP contribution in [0.4, 0.5) is 0 Å². The van der Waals surface area contributed by atoms with Crippen molar-refractivity contribution < 1.29 is 9.53 Å². The van der Waals surface area contributed by atoms with Crippen LogP contribution < -0.4 is 0 Å². The van der Waals surface area contributed by atoms with Gasteiger partial charge in [-0.05, 0) is 43.1 Å². The third kappa shape index (κ3) is 1.81. The molecule has 0 radical (unpaired) electrons. The molecule has 1 heterocycles. The Bertz CT molecular complexity index is 651. The highest BCUT2D eigenvalue weighted by Gasteiger charge is 2.57. The fourth-order valence-electron chi connectivity index (χ4n) is 2.84. The van der Waals surface area contributed by atoms with E-state index in [9.17, 15) is 4.79 Å². The molecule has 0 N–H and O–H groups in total. The first-order valence-electron chi connectivity index (χ1n) is 6.86. The summed E-state index contributed by atoms with van der Waals surface area (Å²) in [6.45, 7) is 0. The van der Waals surface area contributed by atoms with Gasteiger partial charge in [-0.1, -0.05) is 24.3 Å². The highest BCUT2D eigenvalue weighted by atomic mass is 16.6. The summed E-state index contributed by atoms with van der Waals surface area (Å²) in [6, 6.07) is 9.72. The number of pyridine rings is 1. The average molecular weight is 253 g/mol. The Morgan fingerprint density at radius 1 is 1.21 bits per heavy atom. The molecule has 0 amide bonds. The molecule has 0 aliphatic heterocycles. The van der Waals surface area contributed by atoms with E-state index >= 15 is 0 Å².